The lowest BCUT2D eigenvalue weighted by Gasteiger charge is -2.06. The molecule has 0 spiro atoms. The zero-order valence-corrected chi connectivity index (χ0v) is 19.0. The molecule has 160 valence electrons. The van der Waals surface area contributed by atoms with E-state index in [1.165, 1.54) is 11.3 Å². The number of nitrogens with zero attached hydrogens (tertiary/aromatic N) is 2. The number of carbonyl (C=O) groups excluding carboxylic acids is 1. The van der Waals surface area contributed by atoms with Gasteiger partial charge in [-0.3, -0.25) is 10.2 Å². The molecule has 0 aliphatic carbocycles. The Morgan fingerprint density at radius 1 is 1.06 bits per heavy atom. The number of halogens is 1. The Morgan fingerprint density at radius 2 is 1.84 bits per heavy atom. The summed E-state index contributed by atoms with van der Waals surface area (Å²) in [6.07, 6.45) is 1.97. The van der Waals surface area contributed by atoms with Gasteiger partial charge < -0.3 is 5.32 Å². The van der Waals surface area contributed by atoms with Crippen molar-refractivity contribution in [3.05, 3.63) is 101 Å². The lowest BCUT2D eigenvalue weighted by molar-refractivity contribution is -0.115. The van der Waals surface area contributed by atoms with Crippen LogP contribution in [0.25, 0.3) is 11.3 Å². The van der Waals surface area contributed by atoms with Crippen molar-refractivity contribution in [2.45, 2.75) is 13.3 Å². The Balaban J connectivity index is 1.55. The van der Waals surface area contributed by atoms with Crippen molar-refractivity contribution in [1.82, 2.24) is 4.98 Å². The fourth-order valence-electron chi connectivity index (χ4n) is 3.06. The smallest absolute Gasteiger partial charge is 0.229 e. The second kappa shape index (κ2) is 10.2. The molecule has 1 aromatic heterocycles. The SMILES string of the molecule is Cc1ccc(-c2nc(N/N=C\c3cccc(Cl)c3)sc2NC(=O)Cc2ccccc2)cc1. The first kappa shape index (κ1) is 21.7. The highest BCUT2D eigenvalue weighted by Crippen LogP contribution is 2.36. The van der Waals surface area contributed by atoms with E-state index < -0.39 is 0 Å². The minimum Gasteiger partial charge on any atom is -0.316 e. The fraction of sp³-hybridized carbons (Fsp3) is 0.0800. The first-order valence-corrected chi connectivity index (χ1v) is 11.2. The van der Waals surface area contributed by atoms with E-state index in [1.807, 2.05) is 85.8 Å². The van der Waals surface area contributed by atoms with Gasteiger partial charge in [-0.2, -0.15) is 5.10 Å². The van der Waals surface area contributed by atoms with Crippen LogP contribution >= 0.6 is 22.9 Å². The van der Waals surface area contributed by atoms with Gasteiger partial charge in [0.15, 0.2) is 0 Å². The zero-order chi connectivity index (χ0) is 22.3. The molecule has 3 aromatic carbocycles. The van der Waals surface area contributed by atoms with Crippen LogP contribution in [0.5, 0.6) is 0 Å². The molecule has 0 aliphatic heterocycles. The van der Waals surface area contributed by atoms with E-state index in [0.717, 1.165) is 22.3 Å². The van der Waals surface area contributed by atoms with Gasteiger partial charge in [-0.1, -0.05) is 95.2 Å². The van der Waals surface area contributed by atoms with E-state index in [1.54, 1.807) is 6.21 Å². The average Bonchev–Trinajstić information content (AvgIpc) is 3.17. The van der Waals surface area contributed by atoms with E-state index in [9.17, 15) is 4.79 Å². The van der Waals surface area contributed by atoms with Crippen molar-refractivity contribution in [2.24, 2.45) is 5.10 Å². The number of hydrogen-bond acceptors (Lipinski definition) is 5. The van der Waals surface area contributed by atoms with E-state index in [2.05, 4.69) is 20.8 Å². The maximum absolute atomic E-state index is 12.7. The molecular formula is C25H21ClN4OS. The Kier molecular flexibility index (Phi) is 6.94. The number of carbonyl (C=O) groups is 1. The van der Waals surface area contributed by atoms with Gasteiger partial charge in [-0.25, -0.2) is 4.98 Å². The van der Waals surface area contributed by atoms with Gasteiger partial charge in [0.1, 0.15) is 10.7 Å². The zero-order valence-electron chi connectivity index (χ0n) is 17.4. The Bertz CT molecular complexity index is 1240. The van der Waals surface area contributed by atoms with Gasteiger partial charge in [-0.15, -0.1) is 0 Å². The first-order chi connectivity index (χ1) is 15.6. The van der Waals surface area contributed by atoms with Crippen molar-refractivity contribution in [2.75, 3.05) is 10.7 Å². The number of hydrazone groups is 1. The summed E-state index contributed by atoms with van der Waals surface area (Å²) in [6.45, 7) is 2.03. The summed E-state index contributed by atoms with van der Waals surface area (Å²) in [5.74, 6) is -0.0952. The van der Waals surface area contributed by atoms with Crippen LogP contribution < -0.4 is 10.7 Å². The molecule has 0 saturated carbocycles. The van der Waals surface area contributed by atoms with Gasteiger partial charge in [0.25, 0.3) is 0 Å². The summed E-state index contributed by atoms with van der Waals surface area (Å²) in [5.41, 5.74) is 7.57. The number of thiazole rings is 1. The maximum Gasteiger partial charge on any atom is 0.229 e. The predicted molar refractivity (Wildman–Crippen MR) is 134 cm³/mol. The summed E-state index contributed by atoms with van der Waals surface area (Å²) in [4.78, 5) is 17.3. The maximum atomic E-state index is 12.7. The number of aromatic nitrogens is 1. The molecule has 0 bridgehead atoms. The molecule has 2 N–H and O–H groups in total. The molecule has 0 radical (unpaired) electrons. The summed E-state index contributed by atoms with van der Waals surface area (Å²) in [7, 11) is 0. The minimum atomic E-state index is -0.0952. The molecular weight excluding hydrogens is 440 g/mol. The molecule has 0 unspecified atom stereocenters. The van der Waals surface area contributed by atoms with Gasteiger partial charge in [-0.05, 0) is 30.2 Å². The highest BCUT2D eigenvalue weighted by Gasteiger charge is 2.16. The average molecular weight is 461 g/mol. The van der Waals surface area contributed by atoms with Crippen LogP contribution in [0.15, 0.2) is 84.0 Å². The van der Waals surface area contributed by atoms with E-state index in [0.29, 0.717) is 27.3 Å². The van der Waals surface area contributed by atoms with Crippen molar-refractivity contribution in [3.8, 4) is 11.3 Å². The number of benzene rings is 3. The highest BCUT2D eigenvalue weighted by atomic mass is 35.5. The van der Waals surface area contributed by atoms with Crippen molar-refractivity contribution in [1.29, 1.82) is 0 Å². The van der Waals surface area contributed by atoms with Crippen molar-refractivity contribution in [3.63, 3.8) is 0 Å². The van der Waals surface area contributed by atoms with E-state index in [-0.39, 0.29) is 5.91 Å². The lowest BCUT2D eigenvalue weighted by atomic mass is 10.1. The molecule has 5 nitrogen and oxygen atoms in total. The van der Waals surface area contributed by atoms with Gasteiger partial charge in [0.2, 0.25) is 11.0 Å². The van der Waals surface area contributed by atoms with Crippen LogP contribution in [-0.2, 0) is 11.2 Å². The highest BCUT2D eigenvalue weighted by molar-refractivity contribution is 7.20. The number of rotatable bonds is 7. The summed E-state index contributed by atoms with van der Waals surface area (Å²) < 4.78 is 0. The van der Waals surface area contributed by atoms with E-state index >= 15 is 0 Å². The summed E-state index contributed by atoms with van der Waals surface area (Å²) in [5, 5.41) is 9.18. The molecule has 0 atom stereocenters. The molecule has 7 heteroatoms. The molecule has 0 aliphatic rings. The second-order valence-electron chi connectivity index (χ2n) is 7.20. The Morgan fingerprint density at radius 3 is 2.59 bits per heavy atom. The van der Waals surface area contributed by atoms with Crippen LogP contribution in [0.4, 0.5) is 10.1 Å². The third kappa shape index (κ3) is 5.81. The van der Waals surface area contributed by atoms with Crippen molar-refractivity contribution >= 4 is 45.2 Å². The number of nitrogens with one attached hydrogen (secondary N) is 2. The minimum absolute atomic E-state index is 0.0952. The van der Waals surface area contributed by atoms with Crippen LogP contribution in [0.1, 0.15) is 16.7 Å². The Labute approximate surface area is 195 Å². The standard InChI is InChI=1S/C25H21ClN4OS/c1-17-10-12-20(13-11-17)23-24(28-22(31)15-18-6-3-2-4-7-18)32-25(29-23)30-27-16-19-8-5-9-21(26)14-19/h2-14,16H,15H2,1H3,(H,28,31)(H,29,30)/b27-16-. The van der Waals surface area contributed by atoms with Crippen LogP contribution in [0.2, 0.25) is 5.02 Å². The molecule has 0 saturated heterocycles. The number of amides is 1. The van der Waals surface area contributed by atoms with Crippen LogP contribution in [0, 0.1) is 6.92 Å². The monoisotopic (exact) mass is 460 g/mol. The fourth-order valence-corrected chi connectivity index (χ4v) is 4.11. The van der Waals surface area contributed by atoms with Crippen LogP contribution in [0.3, 0.4) is 0 Å². The van der Waals surface area contributed by atoms with Gasteiger partial charge >= 0.3 is 0 Å². The topological polar surface area (TPSA) is 66.4 Å². The second-order valence-corrected chi connectivity index (χ2v) is 8.63. The molecule has 4 aromatic rings. The molecule has 1 heterocycles. The largest absolute Gasteiger partial charge is 0.316 e. The van der Waals surface area contributed by atoms with Gasteiger partial charge in [0, 0.05) is 10.6 Å². The van der Waals surface area contributed by atoms with Crippen molar-refractivity contribution < 1.29 is 4.79 Å². The first-order valence-electron chi connectivity index (χ1n) is 10.0. The summed E-state index contributed by atoms with van der Waals surface area (Å²) in [6, 6.07) is 25.1. The summed E-state index contributed by atoms with van der Waals surface area (Å²) >= 11 is 7.36. The molecule has 4 rings (SSSR count). The quantitative estimate of drug-likeness (QED) is 0.248. The molecule has 32 heavy (non-hydrogen) atoms. The number of hydrogen-bond donors (Lipinski definition) is 2. The lowest BCUT2D eigenvalue weighted by Crippen LogP contribution is -2.14. The van der Waals surface area contributed by atoms with Gasteiger partial charge in [0.05, 0.1) is 12.6 Å². The molecule has 0 fully saturated rings. The van der Waals surface area contributed by atoms with Crippen LogP contribution in [-0.4, -0.2) is 17.1 Å². The van der Waals surface area contributed by atoms with E-state index in [4.69, 9.17) is 11.6 Å². The normalized spacial score (nSPS) is 10.9. The Hall–Kier alpha value is -3.48. The number of anilines is 2. The molecule has 1 amide bonds. The predicted octanol–water partition coefficient (Wildman–Crippen LogP) is 6.40. The third-order valence-electron chi connectivity index (χ3n) is 4.64. The number of aryl methyl sites for hydroxylation is 1. The third-order valence-corrected chi connectivity index (χ3v) is 5.75.